The minimum atomic E-state index is -0.950. The molecular weight excluding hydrogens is 1240 g/mol. The number of para-hydroxylation sites is 12. The zero-order valence-electron chi connectivity index (χ0n) is 53.7. The van der Waals surface area contributed by atoms with Gasteiger partial charge in [-0.15, -0.1) is 0 Å². The molecule has 4 atom stereocenters. The van der Waals surface area contributed by atoms with Gasteiger partial charge in [-0.05, 0) is 124 Å². The summed E-state index contributed by atoms with van der Waals surface area (Å²) in [5, 5.41) is 44.8. The largest absolute Gasteiger partial charge is 0.492 e. The zero-order chi connectivity index (χ0) is 69.1. The van der Waals surface area contributed by atoms with Crippen molar-refractivity contribution in [3.63, 3.8) is 0 Å². The topological polar surface area (TPSA) is 280 Å². The monoisotopic (exact) mass is 1320 g/mol. The van der Waals surface area contributed by atoms with Crippen molar-refractivity contribution in [3.8, 4) is 23.0 Å². The van der Waals surface area contributed by atoms with Crippen LogP contribution in [0.4, 0.5) is 45.5 Å². The molecule has 4 aliphatic heterocycles. The van der Waals surface area contributed by atoms with Crippen LogP contribution in [0.3, 0.4) is 0 Å². The maximum Gasteiger partial charge on any atom is 0.259 e. The molecule has 8 aromatic carbocycles. The number of benzene rings is 8. The molecule has 24 nitrogen and oxygen atoms in total. The van der Waals surface area contributed by atoms with Gasteiger partial charge in [-0.25, -0.2) is 39.9 Å². The van der Waals surface area contributed by atoms with Crippen molar-refractivity contribution in [1.82, 2.24) is 0 Å². The lowest BCUT2D eigenvalue weighted by atomic mass is 10.2. The molecule has 4 aliphatic rings. The van der Waals surface area contributed by atoms with E-state index in [0.717, 1.165) is 46.3 Å². The van der Waals surface area contributed by atoms with Crippen LogP contribution in [-0.4, -0.2) is 119 Å². The summed E-state index contributed by atoms with van der Waals surface area (Å²) in [5.74, 6) is -1.48. The standard InChI is InChI=1S/C19H20N2O4.3C18H18N2O4/c1-2-12-25-17-11-7-6-10-15(17)20-18(22)13-16(19(20)23)21(24)14-8-4-3-5-9-14;3*1-2-24-16-11-7-6-10-14(16)19-17(21)12-15(18(19)22)20(23)13-8-4-3-5-9-13/h3-11,16,24H,2,12-13H2,1H3;3*3-11,15,23H,2,12H2,1H3. The molecule has 502 valence electrons. The van der Waals surface area contributed by atoms with Crippen LogP contribution in [0.15, 0.2) is 218 Å². The highest BCUT2D eigenvalue weighted by Crippen LogP contribution is 2.39. The van der Waals surface area contributed by atoms with Gasteiger partial charge in [-0.1, -0.05) is 128 Å². The third-order valence-electron chi connectivity index (χ3n) is 15.5. The van der Waals surface area contributed by atoms with Crippen LogP contribution in [0.25, 0.3) is 0 Å². The zero-order valence-corrected chi connectivity index (χ0v) is 53.7. The fraction of sp³-hybridized carbons (Fsp3) is 0.233. The highest BCUT2D eigenvalue weighted by atomic mass is 16.5. The summed E-state index contributed by atoms with van der Waals surface area (Å²) in [6.45, 7) is 9.24. The fourth-order valence-electron chi connectivity index (χ4n) is 11.0. The van der Waals surface area contributed by atoms with Gasteiger partial charge in [-0.2, -0.15) is 0 Å². The van der Waals surface area contributed by atoms with Gasteiger partial charge in [-0.3, -0.25) is 59.2 Å². The number of anilines is 8. The summed E-state index contributed by atoms with van der Waals surface area (Å²) < 4.78 is 22.2. The lowest BCUT2D eigenvalue weighted by molar-refractivity contribution is -0.123. The summed E-state index contributed by atoms with van der Waals surface area (Å²) >= 11 is 0. The summed E-state index contributed by atoms with van der Waals surface area (Å²) in [6.07, 6.45) is 0.448. The van der Waals surface area contributed by atoms with Crippen LogP contribution >= 0.6 is 0 Å². The van der Waals surface area contributed by atoms with E-state index >= 15 is 0 Å². The van der Waals surface area contributed by atoms with Gasteiger partial charge in [0, 0.05) is 0 Å². The van der Waals surface area contributed by atoms with Crippen LogP contribution in [0, 0.1) is 0 Å². The molecule has 0 bridgehead atoms. The molecular formula is C73H74N8O16. The number of amides is 8. The van der Waals surface area contributed by atoms with E-state index in [1.165, 1.54) is 0 Å². The molecule has 8 amide bonds. The molecule has 24 heteroatoms. The van der Waals surface area contributed by atoms with E-state index in [9.17, 15) is 59.2 Å². The van der Waals surface area contributed by atoms with Crippen LogP contribution in [0.5, 0.6) is 23.0 Å². The summed E-state index contributed by atoms with van der Waals surface area (Å²) in [7, 11) is 0. The van der Waals surface area contributed by atoms with Gasteiger partial charge >= 0.3 is 0 Å². The first-order valence-corrected chi connectivity index (χ1v) is 31.5. The van der Waals surface area contributed by atoms with E-state index in [4.69, 9.17) is 18.9 Å². The van der Waals surface area contributed by atoms with Crippen molar-refractivity contribution < 1.29 is 78.1 Å². The van der Waals surface area contributed by atoms with E-state index < -0.39 is 47.8 Å². The molecule has 12 rings (SSSR count). The number of carbonyl (C=O) groups excluding carboxylic acids is 8. The summed E-state index contributed by atoms with van der Waals surface area (Å²) in [4.78, 5) is 105. The number of hydrogen-bond donors (Lipinski definition) is 4. The predicted octanol–water partition coefficient (Wildman–Crippen LogP) is 10.8. The third-order valence-corrected chi connectivity index (χ3v) is 15.5. The van der Waals surface area contributed by atoms with Crippen molar-refractivity contribution in [3.05, 3.63) is 218 Å². The highest BCUT2D eigenvalue weighted by molar-refractivity contribution is 6.26. The van der Waals surface area contributed by atoms with Crippen molar-refractivity contribution in [1.29, 1.82) is 0 Å². The Hall–Kier alpha value is -11.4. The first-order valence-electron chi connectivity index (χ1n) is 31.5. The second kappa shape index (κ2) is 33.1. The van der Waals surface area contributed by atoms with Gasteiger partial charge in [0.05, 0.1) is 97.6 Å². The molecule has 97 heavy (non-hydrogen) atoms. The van der Waals surface area contributed by atoms with Crippen molar-refractivity contribution in [2.45, 2.75) is 84.0 Å². The number of nitrogens with zero attached hydrogens (tertiary/aromatic N) is 8. The molecule has 0 saturated carbocycles. The van der Waals surface area contributed by atoms with Gasteiger partial charge < -0.3 is 18.9 Å². The Morgan fingerprint density at radius 2 is 0.495 bits per heavy atom. The quantitative estimate of drug-likeness (QED) is 0.0384. The minimum Gasteiger partial charge on any atom is -0.492 e. The average molecular weight is 1320 g/mol. The SMILES string of the molecule is CCCOc1ccccc1N1C(=O)CC(N(O)c2ccccc2)C1=O.CCOc1ccccc1N1C(=O)CC(N(O)c2ccccc2)C1=O.CCOc1ccccc1N1C(=O)CC(N(O)c2ccccc2)C1=O.CCOc1ccccc1N1C(=O)CC(N(O)c2ccccc2)C1=O. The number of imide groups is 4. The molecule has 4 unspecified atom stereocenters. The number of ether oxygens (including phenoxy) is 4. The maximum atomic E-state index is 12.8. The van der Waals surface area contributed by atoms with E-state index in [0.29, 0.717) is 94.9 Å². The number of hydroxylamine groups is 4. The normalized spacial score (nSPS) is 17.2. The van der Waals surface area contributed by atoms with Crippen LogP contribution in [0.1, 0.15) is 59.8 Å². The molecule has 0 spiro atoms. The predicted molar refractivity (Wildman–Crippen MR) is 361 cm³/mol. The summed E-state index contributed by atoms with van der Waals surface area (Å²) in [6, 6.07) is 58.5. The van der Waals surface area contributed by atoms with Crippen LogP contribution < -0.4 is 58.8 Å². The molecule has 4 saturated heterocycles. The first-order chi connectivity index (χ1) is 47.0. The fourth-order valence-corrected chi connectivity index (χ4v) is 11.0. The van der Waals surface area contributed by atoms with E-state index in [1.807, 2.05) is 52.0 Å². The van der Waals surface area contributed by atoms with E-state index in [-0.39, 0.29) is 49.3 Å². The number of rotatable bonds is 21. The average Bonchev–Trinajstić information content (AvgIpc) is 1.67. The maximum absolute atomic E-state index is 12.8. The van der Waals surface area contributed by atoms with Crippen molar-refractivity contribution >= 4 is 92.8 Å². The van der Waals surface area contributed by atoms with Crippen LogP contribution in [0.2, 0.25) is 0 Å². The number of carbonyl (C=O) groups is 8. The Labute approximate surface area is 560 Å². The Bertz CT molecular complexity index is 3740. The van der Waals surface area contributed by atoms with Gasteiger partial charge in [0.25, 0.3) is 23.6 Å². The molecule has 8 aromatic rings. The minimum absolute atomic E-state index is 0.0909. The Morgan fingerprint density at radius 1 is 0.299 bits per heavy atom. The molecule has 0 aliphatic carbocycles. The van der Waals surface area contributed by atoms with Gasteiger partial charge in [0.2, 0.25) is 23.6 Å². The van der Waals surface area contributed by atoms with E-state index in [1.54, 1.807) is 194 Å². The third kappa shape index (κ3) is 16.0. The molecule has 4 heterocycles. The van der Waals surface area contributed by atoms with Crippen molar-refractivity contribution in [2.24, 2.45) is 0 Å². The Morgan fingerprint density at radius 3 is 0.701 bits per heavy atom. The Balaban J connectivity index is 0.000000152. The molecule has 4 fully saturated rings. The number of hydrogen-bond acceptors (Lipinski definition) is 20. The van der Waals surface area contributed by atoms with Crippen LogP contribution in [-0.2, 0) is 38.4 Å². The lowest BCUT2D eigenvalue weighted by Crippen LogP contribution is -2.40. The van der Waals surface area contributed by atoms with Gasteiger partial charge in [0.1, 0.15) is 47.2 Å². The lowest BCUT2D eigenvalue weighted by Gasteiger charge is -2.23. The molecule has 4 N–H and O–H groups in total. The Kier molecular flexibility index (Phi) is 23.8. The first kappa shape index (κ1) is 69.9. The molecule has 0 radical (unpaired) electrons. The summed E-state index contributed by atoms with van der Waals surface area (Å²) in [5.41, 5.74) is 3.46. The second-order valence-corrected chi connectivity index (χ2v) is 21.9. The van der Waals surface area contributed by atoms with Gasteiger partial charge in [0.15, 0.2) is 0 Å². The van der Waals surface area contributed by atoms with E-state index in [2.05, 4.69) is 0 Å². The van der Waals surface area contributed by atoms with Crippen molar-refractivity contribution in [2.75, 3.05) is 66.3 Å². The highest BCUT2D eigenvalue weighted by Gasteiger charge is 2.48. The molecule has 0 aromatic heterocycles. The smallest absolute Gasteiger partial charge is 0.259 e. The second-order valence-electron chi connectivity index (χ2n) is 21.9.